The van der Waals surface area contributed by atoms with Gasteiger partial charge in [0.15, 0.2) is 0 Å². The van der Waals surface area contributed by atoms with Crippen molar-refractivity contribution in [2.24, 2.45) is 0 Å². The fourth-order valence-corrected chi connectivity index (χ4v) is 4.50. The Bertz CT molecular complexity index is 679. The standard InChI is InChI=1S/C23H34BNO2S/c1-6-7-8-9-10-15-28-19-16-20(26)25(21(19)27)18-13-11-17(12-14-18)22(2,3)23(4,5)24/h11-14,19H,6-10,15-16H2,1-5H3. The van der Waals surface area contributed by atoms with Crippen molar-refractivity contribution in [2.45, 2.75) is 89.1 Å². The summed E-state index contributed by atoms with van der Waals surface area (Å²) >= 11 is 1.63. The number of nitrogens with zero attached hydrogens (tertiary/aromatic N) is 1. The molecule has 1 atom stereocenters. The number of carbonyl (C=O) groups excluding carboxylic acids is 2. The molecule has 1 aliphatic rings. The first kappa shape index (κ1) is 23.1. The molecule has 28 heavy (non-hydrogen) atoms. The highest BCUT2D eigenvalue weighted by molar-refractivity contribution is 8.00. The molecular weight excluding hydrogens is 365 g/mol. The molecule has 0 saturated carbocycles. The van der Waals surface area contributed by atoms with E-state index in [0.717, 1.165) is 17.7 Å². The van der Waals surface area contributed by atoms with Crippen LogP contribution in [0.3, 0.4) is 0 Å². The Morgan fingerprint density at radius 3 is 2.21 bits per heavy atom. The molecule has 1 aliphatic heterocycles. The van der Waals surface area contributed by atoms with Crippen LogP contribution in [-0.2, 0) is 15.0 Å². The first-order valence-corrected chi connectivity index (χ1v) is 11.5. The maximum atomic E-state index is 12.8. The van der Waals surface area contributed by atoms with Gasteiger partial charge in [0.2, 0.25) is 11.8 Å². The van der Waals surface area contributed by atoms with Gasteiger partial charge in [-0.2, -0.15) is 0 Å². The minimum absolute atomic E-state index is 0.0743. The maximum absolute atomic E-state index is 12.8. The van der Waals surface area contributed by atoms with Gasteiger partial charge in [-0.1, -0.05) is 77.7 Å². The summed E-state index contributed by atoms with van der Waals surface area (Å²) in [6.07, 6.45) is 6.38. The number of thioether (sulfide) groups is 1. The fourth-order valence-electron chi connectivity index (χ4n) is 3.34. The van der Waals surface area contributed by atoms with E-state index in [1.54, 1.807) is 11.8 Å². The summed E-state index contributed by atoms with van der Waals surface area (Å²) in [4.78, 5) is 26.6. The van der Waals surface area contributed by atoms with E-state index in [4.69, 9.17) is 7.85 Å². The largest absolute Gasteiger partial charge is 0.274 e. The van der Waals surface area contributed by atoms with Crippen molar-refractivity contribution in [3.8, 4) is 0 Å². The van der Waals surface area contributed by atoms with Gasteiger partial charge in [0.25, 0.3) is 0 Å². The molecular formula is C23H34BNO2S. The lowest BCUT2D eigenvalue weighted by Gasteiger charge is -2.40. The van der Waals surface area contributed by atoms with Crippen LogP contribution in [0, 0.1) is 0 Å². The van der Waals surface area contributed by atoms with E-state index in [2.05, 4.69) is 20.8 Å². The molecule has 0 N–H and O–H groups in total. The van der Waals surface area contributed by atoms with Crippen LogP contribution in [0.5, 0.6) is 0 Å². The minimum atomic E-state index is -0.382. The third-order valence-corrected chi connectivity index (χ3v) is 7.43. The molecule has 1 unspecified atom stereocenters. The number of benzene rings is 1. The van der Waals surface area contributed by atoms with Crippen LogP contribution in [0.4, 0.5) is 5.69 Å². The van der Waals surface area contributed by atoms with Crippen LogP contribution in [0.1, 0.15) is 78.7 Å². The number of hydrogen-bond acceptors (Lipinski definition) is 3. The molecule has 0 aliphatic carbocycles. The average Bonchev–Trinajstić information content (AvgIpc) is 2.91. The summed E-state index contributed by atoms with van der Waals surface area (Å²) in [5, 5.41) is -0.620. The average molecular weight is 399 g/mol. The number of unbranched alkanes of at least 4 members (excludes halogenated alkanes) is 4. The topological polar surface area (TPSA) is 37.4 Å². The Kier molecular flexibility index (Phi) is 7.84. The Morgan fingerprint density at radius 2 is 1.64 bits per heavy atom. The summed E-state index contributed by atoms with van der Waals surface area (Å²) in [5.41, 5.74) is 1.54. The molecule has 152 valence electrons. The predicted molar refractivity (Wildman–Crippen MR) is 121 cm³/mol. The number of rotatable bonds is 10. The van der Waals surface area contributed by atoms with E-state index in [0.29, 0.717) is 12.1 Å². The molecule has 0 spiro atoms. The van der Waals surface area contributed by atoms with Crippen LogP contribution >= 0.6 is 11.8 Å². The number of anilines is 1. The normalized spacial score (nSPS) is 18.2. The lowest BCUT2D eigenvalue weighted by atomic mass is 9.54. The summed E-state index contributed by atoms with van der Waals surface area (Å²) in [5.74, 6) is 0.773. The number of hydrogen-bond donors (Lipinski definition) is 0. The van der Waals surface area contributed by atoms with Crippen LogP contribution < -0.4 is 4.90 Å². The van der Waals surface area contributed by atoms with E-state index in [-0.39, 0.29) is 27.8 Å². The highest BCUT2D eigenvalue weighted by atomic mass is 32.2. The summed E-state index contributed by atoms with van der Waals surface area (Å²) in [6.45, 7) is 10.5. The molecule has 0 bridgehead atoms. The van der Waals surface area contributed by atoms with Crippen molar-refractivity contribution in [1.29, 1.82) is 0 Å². The molecule has 5 heteroatoms. The predicted octanol–water partition coefficient (Wildman–Crippen LogP) is 5.67. The molecule has 1 aromatic rings. The molecule has 1 saturated heterocycles. The zero-order valence-electron chi connectivity index (χ0n) is 18.1. The van der Waals surface area contributed by atoms with Crippen molar-refractivity contribution >= 4 is 37.1 Å². The molecule has 1 heterocycles. The SMILES string of the molecule is [B]C(C)(C)C(C)(C)c1ccc(N2C(=O)CC(SCCCCCCC)C2=O)cc1. The van der Waals surface area contributed by atoms with Crippen LogP contribution in [0.2, 0.25) is 5.31 Å². The van der Waals surface area contributed by atoms with Crippen LogP contribution in [0.25, 0.3) is 0 Å². The van der Waals surface area contributed by atoms with Crippen molar-refractivity contribution in [3.05, 3.63) is 29.8 Å². The van der Waals surface area contributed by atoms with Gasteiger partial charge in [-0.25, -0.2) is 4.90 Å². The zero-order chi connectivity index (χ0) is 20.9. The molecule has 2 rings (SSSR count). The van der Waals surface area contributed by atoms with Crippen LogP contribution in [0.15, 0.2) is 24.3 Å². The smallest absolute Gasteiger partial charge is 0.247 e. The number of imide groups is 1. The highest BCUT2D eigenvalue weighted by Gasteiger charge is 2.40. The summed E-state index contributed by atoms with van der Waals surface area (Å²) < 4.78 is 0. The Hall–Kier alpha value is -1.23. The minimum Gasteiger partial charge on any atom is -0.274 e. The lowest BCUT2D eigenvalue weighted by Crippen LogP contribution is -2.32. The number of amides is 2. The molecule has 1 aromatic carbocycles. The van der Waals surface area contributed by atoms with E-state index < -0.39 is 0 Å². The van der Waals surface area contributed by atoms with E-state index >= 15 is 0 Å². The van der Waals surface area contributed by atoms with Gasteiger partial charge in [-0.05, 0) is 35.3 Å². The van der Waals surface area contributed by atoms with Gasteiger partial charge in [-0.15, -0.1) is 11.8 Å². The Balaban J connectivity index is 2.00. The van der Waals surface area contributed by atoms with Gasteiger partial charge in [0, 0.05) is 6.42 Å². The molecule has 2 amide bonds. The third-order valence-electron chi connectivity index (χ3n) is 6.13. The first-order valence-electron chi connectivity index (χ1n) is 10.5. The molecule has 1 fully saturated rings. The Labute approximate surface area is 176 Å². The monoisotopic (exact) mass is 399 g/mol. The summed E-state index contributed by atoms with van der Waals surface area (Å²) in [7, 11) is 6.33. The second kappa shape index (κ2) is 9.52. The van der Waals surface area contributed by atoms with E-state index in [9.17, 15) is 9.59 Å². The second-order valence-corrected chi connectivity index (χ2v) is 10.2. The zero-order valence-corrected chi connectivity index (χ0v) is 18.9. The molecule has 2 radical (unpaired) electrons. The number of carbonyl (C=O) groups is 2. The van der Waals surface area contributed by atoms with Gasteiger partial charge in [-0.3, -0.25) is 9.59 Å². The van der Waals surface area contributed by atoms with Gasteiger partial charge < -0.3 is 0 Å². The van der Waals surface area contributed by atoms with E-state index in [1.165, 1.54) is 30.6 Å². The molecule has 3 nitrogen and oxygen atoms in total. The van der Waals surface area contributed by atoms with Crippen molar-refractivity contribution < 1.29 is 9.59 Å². The quantitative estimate of drug-likeness (QED) is 0.289. The fraction of sp³-hybridized carbons (Fsp3) is 0.652. The Morgan fingerprint density at radius 1 is 1.04 bits per heavy atom. The van der Waals surface area contributed by atoms with Gasteiger partial charge in [0.05, 0.1) is 18.8 Å². The van der Waals surface area contributed by atoms with Gasteiger partial charge >= 0.3 is 0 Å². The highest BCUT2D eigenvalue weighted by Crippen LogP contribution is 2.44. The molecule has 0 aromatic heterocycles. The lowest BCUT2D eigenvalue weighted by molar-refractivity contribution is -0.121. The van der Waals surface area contributed by atoms with Crippen molar-refractivity contribution in [2.75, 3.05) is 10.7 Å². The van der Waals surface area contributed by atoms with Crippen molar-refractivity contribution in [3.63, 3.8) is 0 Å². The van der Waals surface area contributed by atoms with Crippen LogP contribution in [-0.4, -0.2) is 30.7 Å². The van der Waals surface area contributed by atoms with Crippen molar-refractivity contribution in [1.82, 2.24) is 0 Å². The summed E-state index contributed by atoms with van der Waals surface area (Å²) in [6, 6.07) is 7.71. The third kappa shape index (κ3) is 5.22. The van der Waals surface area contributed by atoms with E-state index in [1.807, 2.05) is 38.1 Å². The second-order valence-electron chi connectivity index (χ2n) is 8.94. The first-order chi connectivity index (χ1) is 13.1. The maximum Gasteiger partial charge on any atom is 0.247 e. The van der Waals surface area contributed by atoms with Gasteiger partial charge in [0.1, 0.15) is 0 Å².